The summed E-state index contributed by atoms with van der Waals surface area (Å²) < 4.78 is 15.8. The Balaban J connectivity index is 1.72. The highest BCUT2D eigenvalue weighted by atomic mass is 16.5. The summed E-state index contributed by atoms with van der Waals surface area (Å²) in [4.78, 5) is 45.9. The lowest BCUT2D eigenvalue weighted by Crippen LogP contribution is -2.17. The number of hydrogen-bond donors (Lipinski definition) is 0. The van der Waals surface area contributed by atoms with Gasteiger partial charge in [-0.2, -0.15) is 0 Å². The molecule has 2 aromatic rings. The molecule has 7 heteroatoms. The molecule has 0 amide bonds. The van der Waals surface area contributed by atoms with Crippen LogP contribution in [0.25, 0.3) is 0 Å². The number of esters is 1. The maximum Gasteiger partial charge on any atom is 0.379 e. The Bertz CT molecular complexity index is 867. The van der Waals surface area contributed by atoms with Crippen molar-refractivity contribution in [1.82, 2.24) is 0 Å². The minimum atomic E-state index is -0.878. The Morgan fingerprint density at radius 3 is 1.59 bits per heavy atom. The minimum Gasteiger partial charge on any atom is -0.493 e. The SMILES string of the molecule is CCOC(=O)C(=O)c1ccc(OCCCOc2ccc(C(=O)C(C)=O)cc2)cc1. The van der Waals surface area contributed by atoms with E-state index in [-0.39, 0.29) is 12.2 Å². The summed E-state index contributed by atoms with van der Waals surface area (Å²) in [7, 11) is 0. The van der Waals surface area contributed by atoms with Gasteiger partial charge in [-0.05, 0) is 55.5 Å². The molecule has 2 aromatic carbocycles. The van der Waals surface area contributed by atoms with E-state index in [1.54, 1.807) is 43.3 Å². The third-order valence-corrected chi connectivity index (χ3v) is 3.84. The van der Waals surface area contributed by atoms with Crippen LogP contribution in [0.2, 0.25) is 0 Å². The Hall–Kier alpha value is -3.48. The minimum absolute atomic E-state index is 0.147. The van der Waals surface area contributed by atoms with Crippen LogP contribution in [0.5, 0.6) is 11.5 Å². The molecule has 0 spiro atoms. The summed E-state index contributed by atoms with van der Waals surface area (Å²) in [6.07, 6.45) is 0.609. The third kappa shape index (κ3) is 6.57. The van der Waals surface area contributed by atoms with E-state index in [1.165, 1.54) is 19.1 Å². The molecule has 0 fully saturated rings. The van der Waals surface area contributed by atoms with E-state index in [4.69, 9.17) is 9.47 Å². The molecule has 152 valence electrons. The Kier molecular flexibility index (Phi) is 8.09. The number of rotatable bonds is 11. The van der Waals surface area contributed by atoms with Crippen LogP contribution < -0.4 is 9.47 Å². The summed E-state index contributed by atoms with van der Waals surface area (Å²) in [6, 6.07) is 12.6. The zero-order valence-corrected chi connectivity index (χ0v) is 16.3. The van der Waals surface area contributed by atoms with Gasteiger partial charge in [-0.3, -0.25) is 14.4 Å². The normalized spacial score (nSPS) is 10.1. The van der Waals surface area contributed by atoms with E-state index < -0.39 is 23.3 Å². The van der Waals surface area contributed by atoms with Crippen LogP contribution >= 0.6 is 0 Å². The lowest BCUT2D eigenvalue weighted by molar-refractivity contribution is -0.137. The molecule has 7 nitrogen and oxygen atoms in total. The quantitative estimate of drug-likeness (QED) is 0.248. The zero-order valence-electron chi connectivity index (χ0n) is 16.3. The molecule has 0 aromatic heterocycles. The first-order chi connectivity index (χ1) is 13.9. The molecular weight excluding hydrogens is 376 g/mol. The predicted molar refractivity (Wildman–Crippen MR) is 104 cm³/mol. The van der Waals surface area contributed by atoms with Crippen LogP contribution in [-0.2, 0) is 14.3 Å². The topological polar surface area (TPSA) is 96.0 Å². The fourth-order valence-corrected chi connectivity index (χ4v) is 2.36. The monoisotopic (exact) mass is 398 g/mol. The van der Waals surface area contributed by atoms with Crippen LogP contribution in [0.4, 0.5) is 0 Å². The molecule has 0 aliphatic carbocycles. The lowest BCUT2D eigenvalue weighted by Gasteiger charge is -2.09. The van der Waals surface area contributed by atoms with E-state index >= 15 is 0 Å². The van der Waals surface area contributed by atoms with Gasteiger partial charge in [0.1, 0.15) is 11.5 Å². The van der Waals surface area contributed by atoms with Gasteiger partial charge in [0, 0.05) is 24.5 Å². The van der Waals surface area contributed by atoms with Gasteiger partial charge in [-0.25, -0.2) is 4.79 Å². The van der Waals surface area contributed by atoms with Crippen molar-refractivity contribution in [3.8, 4) is 11.5 Å². The van der Waals surface area contributed by atoms with Gasteiger partial charge in [-0.15, -0.1) is 0 Å². The molecule has 0 aliphatic heterocycles. The van der Waals surface area contributed by atoms with Crippen LogP contribution in [-0.4, -0.2) is 43.1 Å². The first kappa shape index (κ1) is 21.8. The molecule has 0 heterocycles. The van der Waals surface area contributed by atoms with Crippen molar-refractivity contribution in [3.05, 3.63) is 59.7 Å². The van der Waals surface area contributed by atoms with E-state index in [0.29, 0.717) is 36.7 Å². The average Bonchev–Trinajstić information content (AvgIpc) is 2.73. The van der Waals surface area contributed by atoms with E-state index in [0.717, 1.165) is 0 Å². The molecule has 0 N–H and O–H groups in total. The predicted octanol–water partition coefficient (Wildman–Crippen LogP) is 3.05. The van der Waals surface area contributed by atoms with Crippen LogP contribution in [0.3, 0.4) is 0 Å². The Morgan fingerprint density at radius 1 is 0.724 bits per heavy atom. The van der Waals surface area contributed by atoms with Gasteiger partial charge < -0.3 is 14.2 Å². The fourth-order valence-electron chi connectivity index (χ4n) is 2.36. The molecule has 0 atom stereocenters. The largest absolute Gasteiger partial charge is 0.493 e. The number of carbonyl (C=O) groups is 4. The molecule has 0 saturated carbocycles. The molecule has 0 bridgehead atoms. The van der Waals surface area contributed by atoms with Crippen molar-refractivity contribution in [3.63, 3.8) is 0 Å². The molecule has 0 radical (unpaired) electrons. The van der Waals surface area contributed by atoms with Crippen molar-refractivity contribution in [2.45, 2.75) is 20.3 Å². The van der Waals surface area contributed by atoms with Gasteiger partial charge in [0.2, 0.25) is 5.78 Å². The lowest BCUT2D eigenvalue weighted by atomic mass is 10.1. The number of benzene rings is 2. The molecule has 0 saturated heterocycles. The molecule has 0 aliphatic rings. The highest BCUT2D eigenvalue weighted by molar-refractivity contribution is 6.42. The van der Waals surface area contributed by atoms with Crippen molar-refractivity contribution >= 4 is 23.3 Å². The third-order valence-electron chi connectivity index (χ3n) is 3.84. The summed E-state index contributed by atoms with van der Waals surface area (Å²) >= 11 is 0. The second-order valence-corrected chi connectivity index (χ2v) is 6.03. The van der Waals surface area contributed by atoms with Crippen molar-refractivity contribution in [2.24, 2.45) is 0 Å². The van der Waals surface area contributed by atoms with Gasteiger partial charge in [0.25, 0.3) is 5.78 Å². The summed E-state index contributed by atoms with van der Waals surface area (Å²) in [5.74, 6) is -1.45. The molecule has 0 unspecified atom stereocenters. The second kappa shape index (κ2) is 10.8. The van der Waals surface area contributed by atoms with Crippen LogP contribution in [0, 0.1) is 0 Å². The van der Waals surface area contributed by atoms with Crippen molar-refractivity contribution in [2.75, 3.05) is 19.8 Å². The Labute approximate surface area is 168 Å². The highest BCUT2D eigenvalue weighted by Gasteiger charge is 2.17. The standard InChI is InChI=1S/C22H22O7/c1-3-27-22(26)21(25)17-7-11-19(12-8-17)29-14-4-13-28-18-9-5-16(6-10-18)20(24)15(2)23/h5-12H,3-4,13-14H2,1-2H3. The summed E-state index contributed by atoms with van der Waals surface area (Å²) in [5.41, 5.74) is 0.573. The first-order valence-electron chi connectivity index (χ1n) is 9.14. The van der Waals surface area contributed by atoms with Crippen molar-refractivity contribution < 1.29 is 33.4 Å². The second-order valence-electron chi connectivity index (χ2n) is 6.03. The number of ketones is 3. The fraction of sp³-hybridized carbons (Fsp3) is 0.273. The zero-order chi connectivity index (χ0) is 21.2. The van der Waals surface area contributed by atoms with Crippen LogP contribution in [0.1, 0.15) is 41.0 Å². The smallest absolute Gasteiger partial charge is 0.379 e. The van der Waals surface area contributed by atoms with Crippen LogP contribution in [0.15, 0.2) is 48.5 Å². The maximum absolute atomic E-state index is 11.8. The maximum atomic E-state index is 11.8. The average molecular weight is 398 g/mol. The number of hydrogen-bond acceptors (Lipinski definition) is 7. The van der Waals surface area contributed by atoms with Gasteiger partial charge in [0.15, 0.2) is 5.78 Å². The van der Waals surface area contributed by atoms with Gasteiger partial charge in [-0.1, -0.05) is 0 Å². The Morgan fingerprint density at radius 2 is 1.17 bits per heavy atom. The highest BCUT2D eigenvalue weighted by Crippen LogP contribution is 2.15. The molecule has 2 rings (SSSR count). The van der Waals surface area contributed by atoms with Crippen molar-refractivity contribution in [1.29, 1.82) is 0 Å². The molecule has 29 heavy (non-hydrogen) atoms. The van der Waals surface area contributed by atoms with E-state index in [1.807, 2.05) is 0 Å². The number of Topliss-reactive ketones (excluding diaryl/α,β-unsaturated/α-hetero) is 3. The molecular formula is C22H22O7. The summed E-state index contributed by atoms with van der Waals surface area (Å²) in [6.45, 7) is 3.81. The summed E-state index contributed by atoms with van der Waals surface area (Å²) in [5, 5.41) is 0. The van der Waals surface area contributed by atoms with Gasteiger partial charge in [0.05, 0.1) is 19.8 Å². The van der Waals surface area contributed by atoms with E-state index in [2.05, 4.69) is 4.74 Å². The van der Waals surface area contributed by atoms with Gasteiger partial charge >= 0.3 is 5.97 Å². The number of carbonyl (C=O) groups excluding carboxylic acids is 4. The van der Waals surface area contributed by atoms with E-state index in [9.17, 15) is 19.2 Å². The number of ether oxygens (including phenoxy) is 3. The first-order valence-corrected chi connectivity index (χ1v) is 9.14.